The van der Waals surface area contributed by atoms with Crippen LogP contribution in [-0.2, 0) is 52.8 Å². The summed E-state index contributed by atoms with van der Waals surface area (Å²) in [6.07, 6.45) is 4.60. The first-order chi connectivity index (χ1) is 31.8. The number of phenolic OH excluding ortho intramolecular Hbond substituents is 1. The zero-order valence-electron chi connectivity index (χ0n) is 40.8. The smallest absolute Gasteiger partial charge is 0.324 e. The second-order valence-electron chi connectivity index (χ2n) is 20.6. The number of methoxy groups -OCH3 is 1. The molecule has 5 heterocycles. The Labute approximate surface area is 394 Å². The van der Waals surface area contributed by atoms with Crippen LogP contribution < -0.4 is 10.7 Å². The van der Waals surface area contributed by atoms with Gasteiger partial charge in [-0.3, -0.25) is 29.2 Å². The monoisotopic (exact) mass is 920 g/mol. The van der Waals surface area contributed by atoms with Crippen LogP contribution >= 0.6 is 0 Å². The van der Waals surface area contributed by atoms with E-state index >= 15 is 0 Å². The molecule has 2 aromatic heterocycles. The lowest BCUT2D eigenvalue weighted by Crippen LogP contribution is -2.62. The number of benzene rings is 2. The first kappa shape index (κ1) is 48.1. The Balaban J connectivity index is 1.18. The van der Waals surface area contributed by atoms with Crippen molar-refractivity contribution in [2.24, 2.45) is 11.3 Å². The number of aromatic hydroxyl groups is 1. The van der Waals surface area contributed by atoms with E-state index in [0.717, 1.165) is 57.4 Å². The SMILES string of the molecule is CCn1c(-c2cccnc2[C@H](C)OC)c2c3cc(ccc31)-c1cc(O)cc(c1)C[C@H](NC(=O)[C@H](C(C)C)N(C)C(=O)[C@H]1CCC3(CC3N(C)C)O1)C(=O)N1CCC[C@H](N1)C(=O)OCC(C)(C)C2. The van der Waals surface area contributed by atoms with Gasteiger partial charge in [-0.2, -0.15) is 0 Å². The van der Waals surface area contributed by atoms with Crippen molar-refractivity contribution in [1.82, 2.24) is 35.1 Å². The van der Waals surface area contributed by atoms with Gasteiger partial charge in [0.1, 0.15) is 30.0 Å². The maximum absolute atomic E-state index is 14.8. The number of amides is 3. The van der Waals surface area contributed by atoms with Crippen LogP contribution in [0, 0.1) is 11.3 Å². The van der Waals surface area contributed by atoms with E-state index in [1.54, 1.807) is 32.5 Å². The van der Waals surface area contributed by atoms with E-state index in [-0.39, 0.29) is 48.3 Å². The van der Waals surface area contributed by atoms with Crippen molar-refractivity contribution >= 4 is 34.6 Å². The average molecular weight is 920 g/mol. The molecule has 2 unspecified atom stereocenters. The number of phenols is 1. The molecule has 15 nitrogen and oxygen atoms in total. The van der Waals surface area contributed by atoms with E-state index in [2.05, 4.69) is 59.2 Å². The van der Waals surface area contributed by atoms with E-state index in [1.807, 2.05) is 53.1 Å². The molecular weight excluding hydrogens is 851 g/mol. The second-order valence-corrected chi connectivity index (χ2v) is 20.6. The molecule has 1 saturated carbocycles. The van der Waals surface area contributed by atoms with Gasteiger partial charge in [0.2, 0.25) is 5.91 Å². The van der Waals surface area contributed by atoms with E-state index in [9.17, 15) is 24.3 Å². The molecule has 4 aromatic rings. The van der Waals surface area contributed by atoms with Crippen LogP contribution in [0.1, 0.15) is 96.6 Å². The highest BCUT2D eigenvalue weighted by Crippen LogP contribution is 2.52. The fourth-order valence-electron chi connectivity index (χ4n) is 10.9. The number of hydrazine groups is 1. The van der Waals surface area contributed by atoms with Gasteiger partial charge in [-0.15, -0.1) is 0 Å². The van der Waals surface area contributed by atoms with Crippen LogP contribution in [0.15, 0.2) is 54.7 Å². The zero-order valence-corrected chi connectivity index (χ0v) is 40.8. The fraction of sp³-hybridized carbons (Fsp3) is 0.558. The highest BCUT2D eigenvalue weighted by atomic mass is 16.5. The number of nitrogens with one attached hydrogen (secondary N) is 2. The number of carbonyl (C=O) groups is 4. The normalized spacial score (nSPS) is 25.0. The minimum atomic E-state index is -1.14. The van der Waals surface area contributed by atoms with Gasteiger partial charge in [0.25, 0.3) is 11.8 Å². The van der Waals surface area contributed by atoms with Crippen molar-refractivity contribution in [1.29, 1.82) is 0 Å². The summed E-state index contributed by atoms with van der Waals surface area (Å²) >= 11 is 0. The molecule has 15 heteroatoms. The molecule has 2 saturated heterocycles. The summed E-state index contributed by atoms with van der Waals surface area (Å²) in [6, 6.07) is 13.0. The van der Waals surface area contributed by atoms with Gasteiger partial charge in [0, 0.05) is 67.8 Å². The number of esters is 1. The van der Waals surface area contributed by atoms with Gasteiger partial charge in [0.05, 0.1) is 29.7 Å². The Hall–Kier alpha value is -5.35. The predicted molar refractivity (Wildman–Crippen MR) is 256 cm³/mol. The summed E-state index contributed by atoms with van der Waals surface area (Å²) in [7, 11) is 7.34. The molecule has 67 heavy (non-hydrogen) atoms. The number of nitrogens with zero attached hydrogens (tertiary/aromatic N) is 5. The van der Waals surface area contributed by atoms with Gasteiger partial charge < -0.3 is 39.0 Å². The summed E-state index contributed by atoms with van der Waals surface area (Å²) in [5.41, 5.74) is 9.35. The maximum Gasteiger partial charge on any atom is 0.324 e. The third-order valence-electron chi connectivity index (χ3n) is 14.4. The Kier molecular flexibility index (Phi) is 13.6. The Morgan fingerprint density at radius 3 is 2.54 bits per heavy atom. The van der Waals surface area contributed by atoms with E-state index in [0.29, 0.717) is 44.3 Å². The highest BCUT2D eigenvalue weighted by molar-refractivity contribution is 5.96. The van der Waals surface area contributed by atoms with Crippen LogP contribution in [0.25, 0.3) is 33.3 Å². The van der Waals surface area contributed by atoms with Crippen LogP contribution in [0.2, 0.25) is 0 Å². The standard InChI is InChI=1S/C52H69N7O8/c1-11-58-41-17-16-33-26-37(41)38(46(58)36-14-12-20-53-44(36)31(4)65-10)27-51(5,6)29-66-50(64)39-15-13-21-59(55-39)48(62)40(24-32-22-34(33)25-35(60)23-32)54-47(61)45(30(2)3)57(9)49(63)42-18-19-52(67-42)28-43(52)56(7)8/h12,14,16-17,20,22-23,25-26,30-31,39-40,42-43,45,55,60H,11,13,15,18-19,21,24,27-29H2,1-10H3,(H,54,61)/t31-,39-,40-,42+,43?,45-,52?/m0/s1. The van der Waals surface area contributed by atoms with Crippen molar-refractivity contribution in [2.75, 3.05) is 41.4 Å². The molecular formula is C52H69N7O8. The van der Waals surface area contributed by atoms with Crippen molar-refractivity contribution in [3.05, 3.63) is 71.5 Å². The summed E-state index contributed by atoms with van der Waals surface area (Å²) in [6.45, 7) is 13.1. The van der Waals surface area contributed by atoms with Crippen LogP contribution in [0.4, 0.5) is 0 Å². The van der Waals surface area contributed by atoms with Gasteiger partial charge in [-0.05, 0) is 131 Å². The minimum absolute atomic E-state index is 0.00653. The maximum atomic E-state index is 14.8. The van der Waals surface area contributed by atoms with Crippen molar-refractivity contribution in [2.45, 2.75) is 135 Å². The number of fused-ring (bicyclic) bond motifs is 6. The molecule has 6 bridgehead atoms. The number of likely N-dealkylation sites (N-methyl/N-ethyl adjacent to an activating group) is 2. The molecule has 1 spiro atoms. The molecule has 3 amide bonds. The molecule has 1 aliphatic carbocycles. The van der Waals surface area contributed by atoms with E-state index in [4.69, 9.17) is 19.2 Å². The highest BCUT2D eigenvalue weighted by Gasteiger charge is 2.62. The average Bonchev–Trinajstić information content (AvgIpc) is 3.72. The molecule has 3 fully saturated rings. The molecule has 4 aliphatic rings. The Bertz CT molecular complexity index is 2540. The van der Waals surface area contributed by atoms with Gasteiger partial charge in [0.15, 0.2) is 0 Å². The summed E-state index contributed by atoms with van der Waals surface area (Å²) < 4.78 is 20.6. The second kappa shape index (κ2) is 19.0. The predicted octanol–water partition coefficient (Wildman–Crippen LogP) is 6.19. The number of aromatic nitrogens is 2. The summed E-state index contributed by atoms with van der Waals surface area (Å²) in [4.78, 5) is 65.8. The zero-order chi connectivity index (χ0) is 48.1. The molecule has 0 radical (unpaired) electrons. The minimum Gasteiger partial charge on any atom is -0.508 e. The number of pyridine rings is 1. The molecule has 8 rings (SSSR count). The number of carbonyl (C=O) groups excluding carboxylic acids is 4. The third-order valence-corrected chi connectivity index (χ3v) is 14.4. The Morgan fingerprint density at radius 1 is 1.06 bits per heavy atom. The molecule has 7 atom stereocenters. The third kappa shape index (κ3) is 9.57. The van der Waals surface area contributed by atoms with Gasteiger partial charge >= 0.3 is 5.97 Å². The number of aryl methyl sites for hydroxylation is 1. The lowest BCUT2D eigenvalue weighted by molar-refractivity contribution is -0.155. The number of cyclic esters (lactones) is 1. The van der Waals surface area contributed by atoms with E-state index < -0.39 is 47.4 Å². The fourth-order valence-corrected chi connectivity index (χ4v) is 10.9. The van der Waals surface area contributed by atoms with Crippen LogP contribution in [0.5, 0.6) is 5.75 Å². The first-order valence-corrected chi connectivity index (χ1v) is 24.0. The number of rotatable bonds is 10. The lowest BCUT2D eigenvalue weighted by atomic mass is 9.84. The van der Waals surface area contributed by atoms with Gasteiger partial charge in [-0.25, -0.2) is 5.43 Å². The quantitative estimate of drug-likeness (QED) is 0.155. The molecule has 3 N–H and O–H groups in total. The van der Waals surface area contributed by atoms with Gasteiger partial charge in [-0.1, -0.05) is 39.8 Å². The molecule has 360 valence electrons. The topological polar surface area (TPSA) is 168 Å². The van der Waals surface area contributed by atoms with Crippen molar-refractivity contribution in [3.8, 4) is 28.1 Å². The Morgan fingerprint density at radius 2 is 1.84 bits per heavy atom. The lowest BCUT2D eigenvalue weighted by Gasteiger charge is -2.37. The van der Waals surface area contributed by atoms with Crippen molar-refractivity contribution in [3.63, 3.8) is 0 Å². The number of hydrogen-bond acceptors (Lipinski definition) is 11. The molecule has 2 aromatic carbocycles. The largest absolute Gasteiger partial charge is 0.508 e. The van der Waals surface area contributed by atoms with Crippen LogP contribution in [0.3, 0.4) is 0 Å². The van der Waals surface area contributed by atoms with Crippen molar-refractivity contribution < 1.29 is 38.5 Å². The first-order valence-electron chi connectivity index (χ1n) is 24.0. The number of ether oxygens (including phenoxy) is 3. The summed E-state index contributed by atoms with van der Waals surface area (Å²) in [5, 5.41) is 16.8. The molecule has 3 aliphatic heterocycles. The van der Waals surface area contributed by atoms with E-state index in [1.165, 1.54) is 9.91 Å². The van der Waals surface area contributed by atoms with Crippen LogP contribution in [-0.4, -0.2) is 130 Å². The summed E-state index contributed by atoms with van der Waals surface area (Å²) in [5.74, 6) is -1.97. The number of hydrogen-bond donors (Lipinski definition) is 3.